The van der Waals surface area contributed by atoms with Crippen LogP contribution in [0.1, 0.15) is 53.5 Å². The molecule has 2 aromatic heterocycles. The highest BCUT2D eigenvalue weighted by atomic mass is 16.2. The van der Waals surface area contributed by atoms with Crippen LogP contribution in [0.4, 0.5) is 0 Å². The standard InChI is InChI=1S/C19H23N5O2/c1-13-10-21-17(11-20-13)19(26)23-8-6-14(7-9-23)12-24-18(25)5-4-16(22-24)15-2-3-15/h4-5,10-11,14-15H,2-3,6-9,12H2,1H3. The molecule has 0 atom stereocenters. The number of piperidine rings is 1. The predicted octanol–water partition coefficient (Wildman–Crippen LogP) is 1.77. The third-order valence-corrected chi connectivity index (χ3v) is 5.22. The summed E-state index contributed by atoms with van der Waals surface area (Å²) in [6.07, 6.45) is 7.24. The first-order valence-corrected chi connectivity index (χ1v) is 9.26. The van der Waals surface area contributed by atoms with Crippen molar-refractivity contribution in [3.05, 3.63) is 52.0 Å². The lowest BCUT2D eigenvalue weighted by Crippen LogP contribution is -2.40. The lowest BCUT2D eigenvalue weighted by Gasteiger charge is -2.31. The van der Waals surface area contributed by atoms with Gasteiger partial charge < -0.3 is 4.90 Å². The van der Waals surface area contributed by atoms with E-state index in [1.54, 1.807) is 16.9 Å². The fraction of sp³-hybridized carbons (Fsp3) is 0.526. The summed E-state index contributed by atoms with van der Waals surface area (Å²) in [6, 6.07) is 3.50. The largest absolute Gasteiger partial charge is 0.337 e. The topological polar surface area (TPSA) is 81.0 Å². The molecule has 2 fully saturated rings. The van der Waals surface area contributed by atoms with Gasteiger partial charge in [0.1, 0.15) is 5.69 Å². The maximum absolute atomic E-state index is 12.5. The highest BCUT2D eigenvalue weighted by Crippen LogP contribution is 2.38. The number of amides is 1. The molecule has 0 unspecified atom stereocenters. The number of hydrogen-bond acceptors (Lipinski definition) is 5. The van der Waals surface area contributed by atoms with E-state index in [2.05, 4.69) is 15.1 Å². The molecule has 136 valence electrons. The van der Waals surface area contributed by atoms with Crippen LogP contribution in [-0.4, -0.2) is 43.6 Å². The molecule has 7 heteroatoms. The number of hydrogen-bond donors (Lipinski definition) is 0. The zero-order valence-corrected chi connectivity index (χ0v) is 15.0. The Balaban J connectivity index is 1.36. The number of rotatable bonds is 4. The van der Waals surface area contributed by atoms with Crippen LogP contribution in [-0.2, 0) is 6.54 Å². The lowest BCUT2D eigenvalue weighted by molar-refractivity contribution is 0.0674. The summed E-state index contributed by atoms with van der Waals surface area (Å²) in [5.41, 5.74) is 2.19. The average molecular weight is 353 g/mol. The zero-order chi connectivity index (χ0) is 18.1. The monoisotopic (exact) mass is 353 g/mol. The van der Waals surface area contributed by atoms with Gasteiger partial charge in [0.2, 0.25) is 0 Å². The number of carbonyl (C=O) groups excluding carboxylic acids is 1. The summed E-state index contributed by atoms with van der Waals surface area (Å²) in [5.74, 6) is 0.835. The van der Waals surface area contributed by atoms with E-state index in [9.17, 15) is 9.59 Å². The fourth-order valence-electron chi connectivity index (χ4n) is 3.42. The summed E-state index contributed by atoms with van der Waals surface area (Å²) in [4.78, 5) is 34.8. The highest BCUT2D eigenvalue weighted by Gasteiger charge is 2.27. The Hall–Kier alpha value is -2.57. The van der Waals surface area contributed by atoms with Crippen molar-refractivity contribution in [2.45, 2.75) is 45.1 Å². The van der Waals surface area contributed by atoms with Crippen LogP contribution in [0.2, 0.25) is 0 Å². The minimum Gasteiger partial charge on any atom is -0.337 e. The molecule has 1 saturated heterocycles. The number of aromatic nitrogens is 4. The third kappa shape index (κ3) is 3.66. The van der Waals surface area contributed by atoms with Gasteiger partial charge in [-0.3, -0.25) is 14.6 Å². The zero-order valence-electron chi connectivity index (χ0n) is 15.0. The Bertz CT molecular complexity index is 849. The molecule has 26 heavy (non-hydrogen) atoms. The summed E-state index contributed by atoms with van der Waals surface area (Å²) < 4.78 is 1.61. The Kier molecular flexibility index (Phi) is 4.53. The van der Waals surface area contributed by atoms with Gasteiger partial charge in [-0.25, -0.2) is 9.67 Å². The van der Waals surface area contributed by atoms with Crippen molar-refractivity contribution < 1.29 is 4.79 Å². The molecule has 4 rings (SSSR count). The van der Waals surface area contributed by atoms with Gasteiger partial charge in [-0.05, 0) is 44.6 Å². The van der Waals surface area contributed by atoms with Gasteiger partial charge in [-0.1, -0.05) is 0 Å². The molecular formula is C19H23N5O2. The van der Waals surface area contributed by atoms with Gasteiger partial charge in [-0.15, -0.1) is 0 Å². The lowest BCUT2D eigenvalue weighted by atomic mass is 9.96. The van der Waals surface area contributed by atoms with Crippen LogP contribution in [0.15, 0.2) is 29.3 Å². The maximum atomic E-state index is 12.5. The average Bonchev–Trinajstić information content (AvgIpc) is 3.49. The molecule has 0 radical (unpaired) electrons. The molecule has 2 aromatic rings. The number of carbonyl (C=O) groups is 1. The molecular weight excluding hydrogens is 330 g/mol. The number of nitrogens with zero attached hydrogens (tertiary/aromatic N) is 5. The van der Waals surface area contributed by atoms with E-state index in [4.69, 9.17) is 0 Å². The molecule has 1 saturated carbocycles. The SMILES string of the molecule is Cc1cnc(C(=O)N2CCC(Cn3nc(C4CC4)ccc3=O)CC2)cn1. The van der Waals surface area contributed by atoms with E-state index in [1.807, 2.05) is 17.9 Å². The Morgan fingerprint density at radius 2 is 1.88 bits per heavy atom. The quantitative estimate of drug-likeness (QED) is 0.837. The minimum absolute atomic E-state index is 0.0390. The van der Waals surface area contributed by atoms with E-state index in [0.29, 0.717) is 37.2 Å². The maximum Gasteiger partial charge on any atom is 0.274 e. The Morgan fingerprint density at radius 3 is 2.54 bits per heavy atom. The predicted molar refractivity (Wildman–Crippen MR) is 95.9 cm³/mol. The molecule has 1 amide bonds. The molecule has 7 nitrogen and oxygen atoms in total. The second kappa shape index (κ2) is 6.97. The van der Waals surface area contributed by atoms with Gasteiger partial charge in [0.25, 0.3) is 11.5 Å². The van der Waals surface area contributed by atoms with Gasteiger partial charge in [0.05, 0.1) is 17.6 Å². The molecule has 0 N–H and O–H groups in total. The normalized spacial score (nSPS) is 18.1. The van der Waals surface area contributed by atoms with Crippen molar-refractivity contribution in [3.8, 4) is 0 Å². The first-order chi connectivity index (χ1) is 12.6. The van der Waals surface area contributed by atoms with E-state index in [0.717, 1.165) is 24.2 Å². The number of aryl methyl sites for hydroxylation is 1. The van der Waals surface area contributed by atoms with Crippen molar-refractivity contribution in [3.63, 3.8) is 0 Å². The van der Waals surface area contributed by atoms with Crippen LogP contribution in [0.25, 0.3) is 0 Å². The van der Waals surface area contributed by atoms with Crippen molar-refractivity contribution in [1.29, 1.82) is 0 Å². The molecule has 3 heterocycles. The Labute approximate surface area is 152 Å². The van der Waals surface area contributed by atoms with Crippen molar-refractivity contribution in [1.82, 2.24) is 24.6 Å². The van der Waals surface area contributed by atoms with E-state index >= 15 is 0 Å². The van der Waals surface area contributed by atoms with Gasteiger partial charge in [0.15, 0.2) is 0 Å². The first kappa shape index (κ1) is 16.9. The smallest absolute Gasteiger partial charge is 0.274 e. The van der Waals surface area contributed by atoms with E-state index < -0.39 is 0 Å². The van der Waals surface area contributed by atoms with Crippen molar-refractivity contribution in [2.75, 3.05) is 13.1 Å². The molecule has 1 aliphatic heterocycles. The fourth-order valence-corrected chi connectivity index (χ4v) is 3.42. The van der Waals surface area contributed by atoms with Crippen molar-refractivity contribution in [2.24, 2.45) is 5.92 Å². The second-order valence-electron chi connectivity index (χ2n) is 7.33. The molecule has 0 aromatic carbocycles. The van der Waals surface area contributed by atoms with Gasteiger partial charge >= 0.3 is 0 Å². The first-order valence-electron chi connectivity index (χ1n) is 9.26. The van der Waals surface area contributed by atoms with Crippen LogP contribution >= 0.6 is 0 Å². The van der Waals surface area contributed by atoms with Crippen molar-refractivity contribution >= 4 is 5.91 Å². The second-order valence-corrected chi connectivity index (χ2v) is 7.33. The molecule has 0 bridgehead atoms. The van der Waals surface area contributed by atoms with E-state index in [1.165, 1.54) is 19.0 Å². The van der Waals surface area contributed by atoms with Gasteiger partial charge in [0, 0.05) is 37.8 Å². The molecule has 0 spiro atoms. The molecule has 1 aliphatic carbocycles. The Morgan fingerprint density at radius 1 is 1.12 bits per heavy atom. The van der Waals surface area contributed by atoms with Crippen LogP contribution in [0.5, 0.6) is 0 Å². The van der Waals surface area contributed by atoms with Crippen LogP contribution in [0, 0.1) is 12.8 Å². The summed E-state index contributed by atoms with van der Waals surface area (Å²) in [5, 5.41) is 4.54. The number of likely N-dealkylation sites (tertiary alicyclic amines) is 1. The molecule has 2 aliphatic rings. The minimum atomic E-state index is -0.0676. The summed E-state index contributed by atoms with van der Waals surface area (Å²) >= 11 is 0. The van der Waals surface area contributed by atoms with E-state index in [-0.39, 0.29) is 11.5 Å². The van der Waals surface area contributed by atoms with Crippen LogP contribution < -0.4 is 5.56 Å². The van der Waals surface area contributed by atoms with Gasteiger partial charge in [-0.2, -0.15) is 5.10 Å². The highest BCUT2D eigenvalue weighted by molar-refractivity contribution is 5.92. The summed E-state index contributed by atoms with van der Waals surface area (Å²) in [6.45, 7) is 3.83. The third-order valence-electron chi connectivity index (χ3n) is 5.22. The van der Waals surface area contributed by atoms with Crippen LogP contribution in [0.3, 0.4) is 0 Å². The summed E-state index contributed by atoms with van der Waals surface area (Å²) in [7, 11) is 0.